The van der Waals surface area contributed by atoms with Crippen LogP contribution in [-0.4, -0.2) is 39.0 Å². The zero-order valence-electron chi connectivity index (χ0n) is 9.19. The van der Waals surface area contributed by atoms with Crippen LogP contribution in [0, 0.1) is 5.92 Å². The molecule has 1 saturated heterocycles. The summed E-state index contributed by atoms with van der Waals surface area (Å²) in [5.41, 5.74) is 0. The van der Waals surface area contributed by atoms with Crippen LogP contribution >= 0.6 is 0 Å². The van der Waals surface area contributed by atoms with Gasteiger partial charge in [-0.05, 0) is 32.6 Å². The minimum absolute atomic E-state index is 0.346. The van der Waals surface area contributed by atoms with Crippen molar-refractivity contribution in [3.8, 4) is 0 Å². The highest BCUT2D eigenvalue weighted by molar-refractivity contribution is 7.87. The summed E-state index contributed by atoms with van der Waals surface area (Å²) in [6.45, 7) is 4.44. The molecule has 1 unspecified atom stereocenters. The van der Waals surface area contributed by atoms with Crippen LogP contribution in [0.4, 0.5) is 0 Å². The average Bonchev–Trinajstić information content (AvgIpc) is 2.18. The van der Waals surface area contributed by atoms with E-state index in [0.717, 1.165) is 12.8 Å². The first-order valence-electron chi connectivity index (χ1n) is 5.14. The summed E-state index contributed by atoms with van der Waals surface area (Å²) in [5.74, 6) is -0.172. The molecule has 15 heavy (non-hydrogen) atoms. The lowest BCUT2D eigenvalue weighted by atomic mass is 10.0. The van der Waals surface area contributed by atoms with Crippen molar-refractivity contribution in [1.29, 1.82) is 0 Å². The fourth-order valence-electron chi connectivity index (χ4n) is 1.43. The second kappa shape index (κ2) is 5.07. The Hall–Kier alpha value is -0.420. The van der Waals surface area contributed by atoms with Crippen molar-refractivity contribution in [3.05, 3.63) is 0 Å². The van der Waals surface area contributed by atoms with E-state index in [2.05, 4.69) is 0 Å². The molecule has 0 radical (unpaired) electrons. The SMILES string of the molecule is CC(C)(C(=O)O)S(=O)CC1CCOCC1. The maximum absolute atomic E-state index is 11.9. The summed E-state index contributed by atoms with van der Waals surface area (Å²) < 4.78 is 15.9. The predicted octanol–water partition coefficient (Wildman–Crippen LogP) is 1.02. The number of hydrogen-bond donors (Lipinski definition) is 1. The van der Waals surface area contributed by atoms with Gasteiger partial charge in [0.05, 0.1) is 0 Å². The van der Waals surface area contributed by atoms with Crippen molar-refractivity contribution in [2.75, 3.05) is 19.0 Å². The number of rotatable bonds is 4. The Kier molecular flexibility index (Phi) is 4.28. The van der Waals surface area contributed by atoms with Gasteiger partial charge in [0.1, 0.15) is 4.75 Å². The van der Waals surface area contributed by atoms with E-state index in [1.807, 2.05) is 0 Å². The Morgan fingerprint density at radius 1 is 1.47 bits per heavy atom. The fourth-order valence-corrected chi connectivity index (χ4v) is 2.81. The van der Waals surface area contributed by atoms with Crippen molar-refractivity contribution in [2.24, 2.45) is 5.92 Å². The van der Waals surface area contributed by atoms with Gasteiger partial charge < -0.3 is 9.84 Å². The molecular weight excluding hydrogens is 216 g/mol. The number of hydrogen-bond acceptors (Lipinski definition) is 3. The van der Waals surface area contributed by atoms with Gasteiger partial charge in [-0.2, -0.15) is 0 Å². The van der Waals surface area contributed by atoms with Crippen molar-refractivity contribution >= 4 is 16.8 Å². The minimum Gasteiger partial charge on any atom is -0.480 e. The van der Waals surface area contributed by atoms with Crippen LogP contribution in [0.2, 0.25) is 0 Å². The van der Waals surface area contributed by atoms with Crippen LogP contribution in [0.1, 0.15) is 26.7 Å². The van der Waals surface area contributed by atoms with Crippen LogP contribution in [0.25, 0.3) is 0 Å². The number of carboxylic acids is 1. The van der Waals surface area contributed by atoms with Gasteiger partial charge in [-0.1, -0.05) is 0 Å². The molecule has 0 aliphatic carbocycles. The molecule has 88 valence electrons. The largest absolute Gasteiger partial charge is 0.480 e. The Bertz CT molecular complexity index is 256. The van der Waals surface area contributed by atoms with Crippen molar-refractivity contribution in [1.82, 2.24) is 0 Å². The topological polar surface area (TPSA) is 63.6 Å². The molecule has 0 bridgehead atoms. The lowest BCUT2D eigenvalue weighted by molar-refractivity contribution is -0.139. The van der Waals surface area contributed by atoms with Crippen LogP contribution in [-0.2, 0) is 20.3 Å². The van der Waals surface area contributed by atoms with Gasteiger partial charge in [0.15, 0.2) is 0 Å². The van der Waals surface area contributed by atoms with Gasteiger partial charge in [-0.3, -0.25) is 9.00 Å². The van der Waals surface area contributed by atoms with E-state index in [9.17, 15) is 9.00 Å². The van der Waals surface area contributed by atoms with Crippen molar-refractivity contribution in [2.45, 2.75) is 31.4 Å². The van der Waals surface area contributed by atoms with E-state index >= 15 is 0 Å². The molecule has 5 heteroatoms. The number of ether oxygens (including phenoxy) is 1. The first-order valence-corrected chi connectivity index (χ1v) is 6.46. The third-order valence-corrected chi connectivity index (χ3v) is 4.90. The molecule has 1 fully saturated rings. The third-order valence-electron chi connectivity index (χ3n) is 2.81. The lowest BCUT2D eigenvalue weighted by Gasteiger charge is -2.25. The third kappa shape index (κ3) is 3.28. The molecule has 1 heterocycles. The van der Waals surface area contributed by atoms with Crippen LogP contribution in [0.5, 0.6) is 0 Å². The van der Waals surface area contributed by atoms with Gasteiger partial charge in [-0.25, -0.2) is 0 Å². The van der Waals surface area contributed by atoms with E-state index in [0.29, 0.717) is 24.9 Å². The average molecular weight is 234 g/mol. The van der Waals surface area contributed by atoms with Crippen LogP contribution in [0.15, 0.2) is 0 Å². The summed E-state index contributed by atoms with van der Waals surface area (Å²) in [6.07, 6.45) is 1.78. The highest BCUT2D eigenvalue weighted by Crippen LogP contribution is 2.21. The first kappa shape index (κ1) is 12.6. The summed E-state index contributed by atoms with van der Waals surface area (Å²) in [5, 5.41) is 8.92. The van der Waals surface area contributed by atoms with E-state index in [4.69, 9.17) is 9.84 Å². The van der Waals surface area contributed by atoms with Crippen LogP contribution in [0.3, 0.4) is 0 Å². The highest BCUT2D eigenvalue weighted by atomic mass is 32.2. The summed E-state index contributed by atoms with van der Waals surface area (Å²) in [4.78, 5) is 10.9. The molecule has 0 amide bonds. The molecule has 0 saturated carbocycles. The molecule has 1 atom stereocenters. The second-order valence-electron chi connectivity index (χ2n) is 4.38. The van der Waals surface area contributed by atoms with E-state index < -0.39 is 21.5 Å². The number of carbonyl (C=O) groups is 1. The fraction of sp³-hybridized carbons (Fsp3) is 0.900. The standard InChI is InChI=1S/C10H18O4S/c1-10(2,9(11)12)15(13)7-8-3-5-14-6-4-8/h8H,3-7H2,1-2H3,(H,11,12). The summed E-state index contributed by atoms with van der Waals surface area (Å²) >= 11 is 0. The van der Waals surface area contributed by atoms with Gasteiger partial charge in [0.2, 0.25) is 0 Å². The molecule has 1 N–H and O–H groups in total. The maximum atomic E-state index is 11.9. The van der Waals surface area contributed by atoms with E-state index in [1.54, 1.807) is 0 Å². The van der Waals surface area contributed by atoms with Gasteiger partial charge >= 0.3 is 5.97 Å². The monoisotopic (exact) mass is 234 g/mol. The second-order valence-corrected chi connectivity index (χ2v) is 6.43. The van der Waals surface area contributed by atoms with Crippen LogP contribution < -0.4 is 0 Å². The highest BCUT2D eigenvalue weighted by Gasteiger charge is 2.35. The smallest absolute Gasteiger partial charge is 0.321 e. The Morgan fingerprint density at radius 2 is 2.00 bits per heavy atom. The molecular formula is C10H18O4S. The van der Waals surface area contributed by atoms with Gasteiger partial charge in [0.25, 0.3) is 0 Å². The number of aliphatic carboxylic acids is 1. The normalized spacial score (nSPS) is 21.2. The molecule has 0 spiro atoms. The maximum Gasteiger partial charge on any atom is 0.321 e. The first-order chi connectivity index (χ1) is 6.94. The van der Waals surface area contributed by atoms with Gasteiger partial charge in [0, 0.05) is 29.8 Å². The molecule has 0 aromatic heterocycles. The zero-order valence-corrected chi connectivity index (χ0v) is 10.0. The zero-order chi connectivity index (χ0) is 11.5. The van der Waals surface area contributed by atoms with E-state index in [1.165, 1.54) is 13.8 Å². The minimum atomic E-state index is -1.31. The van der Waals surface area contributed by atoms with Crippen molar-refractivity contribution in [3.63, 3.8) is 0 Å². The molecule has 1 aliphatic heterocycles. The quantitative estimate of drug-likeness (QED) is 0.789. The van der Waals surface area contributed by atoms with Crippen molar-refractivity contribution < 1.29 is 18.8 Å². The molecule has 0 aromatic rings. The molecule has 1 aliphatic rings. The lowest BCUT2D eigenvalue weighted by Crippen LogP contribution is -2.39. The molecule has 1 rings (SSSR count). The predicted molar refractivity (Wildman–Crippen MR) is 58.3 cm³/mol. The van der Waals surface area contributed by atoms with E-state index in [-0.39, 0.29) is 0 Å². The molecule has 4 nitrogen and oxygen atoms in total. The Morgan fingerprint density at radius 3 is 2.47 bits per heavy atom. The summed E-state index contributed by atoms with van der Waals surface area (Å²) in [6, 6.07) is 0. The van der Waals surface area contributed by atoms with Gasteiger partial charge in [-0.15, -0.1) is 0 Å². The Labute approximate surface area is 92.5 Å². The molecule has 0 aromatic carbocycles. The Balaban J connectivity index is 2.50. The summed E-state index contributed by atoms with van der Waals surface area (Å²) in [7, 11) is -1.31. The number of carboxylic acid groups (broad SMARTS) is 1.